The molecule has 0 aliphatic rings. The topological polar surface area (TPSA) is 3.24 Å². The number of para-hydroxylation sites is 1. The molecule has 12 aromatic rings. The molecular formula is C62H41NS. The van der Waals surface area contributed by atoms with E-state index in [-0.39, 0.29) is 0 Å². The zero-order chi connectivity index (χ0) is 42.4. The van der Waals surface area contributed by atoms with Crippen molar-refractivity contribution >= 4 is 70.1 Å². The van der Waals surface area contributed by atoms with Crippen molar-refractivity contribution in [1.82, 2.24) is 0 Å². The molecule has 0 spiro atoms. The Hall–Kier alpha value is -8.04. The van der Waals surface area contributed by atoms with Gasteiger partial charge >= 0.3 is 0 Å². The minimum Gasteiger partial charge on any atom is -0.310 e. The van der Waals surface area contributed by atoms with Gasteiger partial charge in [-0.3, -0.25) is 0 Å². The molecule has 0 unspecified atom stereocenters. The Labute approximate surface area is 377 Å². The van der Waals surface area contributed by atoms with Crippen molar-refractivity contribution < 1.29 is 0 Å². The molecule has 0 radical (unpaired) electrons. The average molecular weight is 832 g/mol. The van der Waals surface area contributed by atoms with Crippen LogP contribution in [0.15, 0.2) is 249 Å². The first-order chi connectivity index (χ1) is 31.7. The van der Waals surface area contributed by atoms with Gasteiger partial charge in [0.05, 0.1) is 5.69 Å². The molecule has 1 aromatic heterocycles. The SMILES string of the molecule is c1ccc(-c2ccc(-c3ccc(N(c4ccc(-c5cccc6sc7ccccc7c56)cc4)c4ccccc4-c4cccc5c4ccc4ccccc45)cc3)cc2-c2ccccc2)cc1. The lowest BCUT2D eigenvalue weighted by Gasteiger charge is -2.28. The van der Waals surface area contributed by atoms with Gasteiger partial charge in [0.2, 0.25) is 0 Å². The highest BCUT2D eigenvalue weighted by atomic mass is 32.1. The summed E-state index contributed by atoms with van der Waals surface area (Å²) in [6.07, 6.45) is 0. The van der Waals surface area contributed by atoms with Gasteiger partial charge in [-0.25, -0.2) is 0 Å². The molecule has 0 N–H and O–H groups in total. The summed E-state index contributed by atoms with van der Waals surface area (Å²) in [5.41, 5.74) is 15.4. The fourth-order valence-electron chi connectivity index (χ4n) is 9.66. The van der Waals surface area contributed by atoms with Crippen LogP contribution in [0.1, 0.15) is 0 Å². The van der Waals surface area contributed by atoms with E-state index in [1.54, 1.807) is 0 Å². The Bertz CT molecular complexity index is 3640. The third kappa shape index (κ3) is 6.64. The number of hydrogen-bond acceptors (Lipinski definition) is 2. The molecule has 0 atom stereocenters. The van der Waals surface area contributed by atoms with E-state index in [4.69, 9.17) is 0 Å². The van der Waals surface area contributed by atoms with Crippen LogP contribution in [0.25, 0.3) is 97.4 Å². The predicted octanol–water partition coefficient (Wildman–Crippen LogP) is 18.2. The summed E-state index contributed by atoms with van der Waals surface area (Å²) >= 11 is 1.86. The minimum absolute atomic E-state index is 1.09. The summed E-state index contributed by atoms with van der Waals surface area (Å²) in [6.45, 7) is 0. The third-order valence-electron chi connectivity index (χ3n) is 12.7. The van der Waals surface area contributed by atoms with E-state index >= 15 is 0 Å². The van der Waals surface area contributed by atoms with Crippen LogP contribution in [0, 0.1) is 0 Å². The van der Waals surface area contributed by atoms with Crippen molar-refractivity contribution in [2.45, 2.75) is 0 Å². The monoisotopic (exact) mass is 831 g/mol. The maximum absolute atomic E-state index is 2.43. The highest BCUT2D eigenvalue weighted by Crippen LogP contribution is 2.46. The minimum atomic E-state index is 1.09. The summed E-state index contributed by atoms with van der Waals surface area (Å²) in [6, 6.07) is 90.9. The Kier molecular flexibility index (Phi) is 9.43. The average Bonchev–Trinajstić information content (AvgIpc) is 3.76. The normalized spacial score (nSPS) is 11.4. The van der Waals surface area contributed by atoms with Gasteiger partial charge in [-0.1, -0.05) is 200 Å². The summed E-state index contributed by atoms with van der Waals surface area (Å²) in [5.74, 6) is 0. The zero-order valence-corrected chi connectivity index (χ0v) is 35.8. The number of anilines is 3. The Morgan fingerprint density at radius 2 is 0.812 bits per heavy atom. The first-order valence-electron chi connectivity index (χ1n) is 21.9. The van der Waals surface area contributed by atoms with Gasteiger partial charge in [-0.05, 0) is 120 Å². The van der Waals surface area contributed by atoms with Crippen LogP contribution >= 0.6 is 11.3 Å². The van der Waals surface area contributed by atoms with Crippen molar-refractivity contribution in [1.29, 1.82) is 0 Å². The van der Waals surface area contributed by atoms with E-state index in [1.165, 1.54) is 97.4 Å². The van der Waals surface area contributed by atoms with Crippen LogP contribution < -0.4 is 4.90 Å². The van der Waals surface area contributed by atoms with Crippen LogP contribution in [-0.2, 0) is 0 Å². The Balaban J connectivity index is 1.00. The number of hydrogen-bond donors (Lipinski definition) is 0. The van der Waals surface area contributed by atoms with E-state index in [1.807, 2.05) is 11.3 Å². The highest BCUT2D eigenvalue weighted by Gasteiger charge is 2.20. The molecule has 0 saturated carbocycles. The van der Waals surface area contributed by atoms with Crippen molar-refractivity contribution in [3.63, 3.8) is 0 Å². The molecule has 1 heterocycles. The van der Waals surface area contributed by atoms with Crippen molar-refractivity contribution in [3.05, 3.63) is 249 Å². The molecule has 0 fully saturated rings. The summed E-state index contributed by atoms with van der Waals surface area (Å²) in [5, 5.41) is 7.65. The summed E-state index contributed by atoms with van der Waals surface area (Å²) < 4.78 is 2.63. The van der Waals surface area contributed by atoms with Crippen molar-refractivity contribution in [2.24, 2.45) is 0 Å². The summed E-state index contributed by atoms with van der Waals surface area (Å²) in [4.78, 5) is 2.43. The predicted molar refractivity (Wildman–Crippen MR) is 276 cm³/mol. The standard InChI is InChI=1S/C62H41NS/c1-3-15-43(16-4-1)51-39-34-47(41-58(51)44-17-5-2-6-18-44)42-29-35-48(36-30-42)63(49-37-31-46(32-38-49)52-23-14-28-61-62(52)57-22-10-12-27-60(57)64-61)59-26-11-9-21-56(59)54-25-13-24-53-50-20-8-7-19-45(50)33-40-55(53)54/h1-41H. The molecular weight excluding hydrogens is 791 g/mol. The van der Waals surface area contributed by atoms with Crippen LogP contribution in [0.3, 0.4) is 0 Å². The van der Waals surface area contributed by atoms with E-state index in [9.17, 15) is 0 Å². The lowest BCUT2D eigenvalue weighted by atomic mass is 9.91. The molecule has 12 rings (SSSR count). The first kappa shape index (κ1) is 37.7. The first-order valence-corrected chi connectivity index (χ1v) is 22.7. The molecule has 0 amide bonds. The molecule has 64 heavy (non-hydrogen) atoms. The number of fused-ring (bicyclic) bond motifs is 6. The number of rotatable bonds is 8. The van der Waals surface area contributed by atoms with Crippen LogP contribution in [0.5, 0.6) is 0 Å². The lowest BCUT2D eigenvalue weighted by molar-refractivity contribution is 1.28. The molecule has 1 nitrogen and oxygen atoms in total. The number of benzene rings is 11. The van der Waals surface area contributed by atoms with Crippen LogP contribution in [0.2, 0.25) is 0 Å². The van der Waals surface area contributed by atoms with E-state index < -0.39 is 0 Å². The van der Waals surface area contributed by atoms with Gasteiger partial charge in [0.25, 0.3) is 0 Å². The number of nitrogens with zero attached hydrogens (tertiary/aromatic N) is 1. The lowest BCUT2D eigenvalue weighted by Crippen LogP contribution is -2.11. The highest BCUT2D eigenvalue weighted by molar-refractivity contribution is 7.25. The maximum Gasteiger partial charge on any atom is 0.0540 e. The molecule has 2 heteroatoms. The van der Waals surface area contributed by atoms with Gasteiger partial charge in [0.15, 0.2) is 0 Å². The smallest absolute Gasteiger partial charge is 0.0540 e. The number of thiophene rings is 1. The molecule has 0 bridgehead atoms. The second-order valence-electron chi connectivity index (χ2n) is 16.4. The van der Waals surface area contributed by atoms with Crippen molar-refractivity contribution in [3.8, 4) is 55.6 Å². The summed E-state index contributed by atoms with van der Waals surface area (Å²) in [7, 11) is 0. The van der Waals surface area contributed by atoms with E-state index in [0.717, 1.165) is 17.1 Å². The van der Waals surface area contributed by atoms with Crippen molar-refractivity contribution in [2.75, 3.05) is 4.90 Å². The van der Waals surface area contributed by atoms with E-state index in [2.05, 4.69) is 254 Å². The van der Waals surface area contributed by atoms with Crippen LogP contribution in [-0.4, -0.2) is 0 Å². The largest absolute Gasteiger partial charge is 0.310 e. The fraction of sp³-hybridized carbons (Fsp3) is 0. The fourth-order valence-corrected chi connectivity index (χ4v) is 10.8. The van der Waals surface area contributed by atoms with Gasteiger partial charge in [0.1, 0.15) is 0 Å². The Morgan fingerprint density at radius 3 is 1.59 bits per heavy atom. The van der Waals surface area contributed by atoms with Gasteiger partial charge in [-0.15, -0.1) is 11.3 Å². The molecule has 0 aliphatic heterocycles. The van der Waals surface area contributed by atoms with Gasteiger partial charge < -0.3 is 4.90 Å². The van der Waals surface area contributed by atoms with Crippen LogP contribution in [0.4, 0.5) is 17.1 Å². The van der Waals surface area contributed by atoms with Gasteiger partial charge in [0, 0.05) is 37.1 Å². The second kappa shape index (κ2) is 16.0. The molecule has 0 aliphatic carbocycles. The molecule has 300 valence electrons. The Morgan fingerprint density at radius 1 is 0.266 bits per heavy atom. The molecule has 0 saturated heterocycles. The quantitative estimate of drug-likeness (QED) is 0.138. The third-order valence-corrected chi connectivity index (χ3v) is 13.8. The second-order valence-corrected chi connectivity index (χ2v) is 17.5. The van der Waals surface area contributed by atoms with Gasteiger partial charge in [-0.2, -0.15) is 0 Å². The molecule has 11 aromatic carbocycles. The van der Waals surface area contributed by atoms with E-state index in [0.29, 0.717) is 0 Å². The zero-order valence-electron chi connectivity index (χ0n) is 35.0. The maximum atomic E-state index is 2.43.